The molecule has 0 fully saturated rings. The first-order chi connectivity index (χ1) is 9.44. The zero-order valence-corrected chi connectivity index (χ0v) is 12.2. The first-order valence-corrected chi connectivity index (χ1v) is 7.43. The number of hydrogen-bond donors (Lipinski definition) is 3. The number of nitrogens with two attached hydrogens (primary N) is 1. The van der Waals surface area contributed by atoms with Crippen LogP contribution < -0.4 is 16.0 Å². The standard InChI is InChI=1S/C10H9Cl2N5O2S/c11-7-2-1-3-8(9(7)12)17-20(18,19)6-4-14-10(16-13)15-5-6/h1-5,17H,13H2,(H,14,15,16). The molecule has 4 N–H and O–H groups in total. The number of rotatable bonds is 4. The van der Waals surface area contributed by atoms with Crippen molar-refractivity contribution in [3.05, 3.63) is 40.6 Å². The average molecular weight is 334 g/mol. The van der Waals surface area contributed by atoms with Gasteiger partial charge in [-0.05, 0) is 12.1 Å². The molecule has 2 aromatic rings. The Morgan fingerprint density at radius 3 is 2.40 bits per heavy atom. The van der Waals surface area contributed by atoms with E-state index in [1.807, 2.05) is 0 Å². The largest absolute Gasteiger partial charge is 0.292 e. The van der Waals surface area contributed by atoms with Crippen molar-refractivity contribution in [3.8, 4) is 0 Å². The van der Waals surface area contributed by atoms with Crippen LogP contribution in [0.3, 0.4) is 0 Å². The smallest absolute Gasteiger partial charge is 0.265 e. The zero-order valence-electron chi connectivity index (χ0n) is 9.84. The van der Waals surface area contributed by atoms with Crippen LogP contribution in [0.15, 0.2) is 35.5 Å². The monoisotopic (exact) mass is 333 g/mol. The molecule has 0 aliphatic rings. The second-order valence-electron chi connectivity index (χ2n) is 3.59. The van der Waals surface area contributed by atoms with Crippen LogP contribution in [0.2, 0.25) is 10.0 Å². The first-order valence-electron chi connectivity index (χ1n) is 5.19. The third-order valence-electron chi connectivity index (χ3n) is 2.26. The summed E-state index contributed by atoms with van der Waals surface area (Å²) in [6, 6.07) is 4.61. The highest BCUT2D eigenvalue weighted by atomic mass is 35.5. The molecule has 2 rings (SSSR count). The first kappa shape index (κ1) is 14.8. The third-order valence-corrected chi connectivity index (χ3v) is 4.40. The molecular formula is C10H9Cl2N5O2S. The van der Waals surface area contributed by atoms with Gasteiger partial charge >= 0.3 is 0 Å². The molecule has 10 heteroatoms. The van der Waals surface area contributed by atoms with Crippen molar-refractivity contribution in [2.45, 2.75) is 4.90 Å². The lowest BCUT2D eigenvalue weighted by Gasteiger charge is -2.10. The van der Waals surface area contributed by atoms with Crippen molar-refractivity contribution >= 4 is 44.9 Å². The van der Waals surface area contributed by atoms with Crippen LogP contribution in [0.25, 0.3) is 0 Å². The number of hydrogen-bond acceptors (Lipinski definition) is 6. The van der Waals surface area contributed by atoms with Crippen molar-refractivity contribution in [2.24, 2.45) is 5.84 Å². The van der Waals surface area contributed by atoms with Crippen LogP contribution in [0.4, 0.5) is 11.6 Å². The van der Waals surface area contributed by atoms with Crippen molar-refractivity contribution in [2.75, 3.05) is 10.1 Å². The molecule has 20 heavy (non-hydrogen) atoms. The minimum atomic E-state index is -3.86. The van der Waals surface area contributed by atoms with Gasteiger partial charge in [0.05, 0.1) is 28.1 Å². The summed E-state index contributed by atoms with van der Waals surface area (Å²) in [5.74, 6) is 5.20. The molecule has 0 radical (unpaired) electrons. The molecular weight excluding hydrogens is 325 g/mol. The Balaban J connectivity index is 2.33. The lowest BCUT2D eigenvalue weighted by molar-refractivity contribution is 0.600. The molecule has 0 aliphatic heterocycles. The number of aromatic nitrogens is 2. The molecule has 1 heterocycles. The topological polar surface area (TPSA) is 110 Å². The molecule has 0 bridgehead atoms. The van der Waals surface area contributed by atoms with E-state index in [1.54, 1.807) is 12.1 Å². The van der Waals surface area contributed by atoms with Gasteiger partial charge in [-0.25, -0.2) is 24.2 Å². The lowest BCUT2D eigenvalue weighted by atomic mass is 10.3. The SMILES string of the molecule is NNc1ncc(S(=O)(=O)Nc2cccc(Cl)c2Cl)cn1. The van der Waals surface area contributed by atoms with E-state index in [0.717, 1.165) is 12.4 Å². The van der Waals surface area contributed by atoms with E-state index in [2.05, 4.69) is 20.1 Å². The van der Waals surface area contributed by atoms with E-state index in [-0.39, 0.29) is 26.6 Å². The summed E-state index contributed by atoms with van der Waals surface area (Å²) in [6.45, 7) is 0. The predicted octanol–water partition coefficient (Wildman–Crippen LogP) is 1.87. The Hall–Kier alpha value is -1.61. The second-order valence-corrected chi connectivity index (χ2v) is 6.06. The maximum atomic E-state index is 12.1. The molecule has 0 saturated heterocycles. The summed E-state index contributed by atoms with van der Waals surface area (Å²) in [6.07, 6.45) is 2.23. The number of nitrogen functional groups attached to an aromatic ring is 1. The third kappa shape index (κ3) is 3.10. The molecule has 0 spiro atoms. The molecule has 0 aliphatic carbocycles. The van der Waals surface area contributed by atoms with E-state index in [4.69, 9.17) is 29.0 Å². The Bertz CT molecular complexity index is 721. The van der Waals surface area contributed by atoms with Gasteiger partial charge in [-0.3, -0.25) is 10.1 Å². The molecule has 0 atom stereocenters. The molecule has 0 unspecified atom stereocenters. The number of nitrogens with one attached hydrogen (secondary N) is 2. The summed E-state index contributed by atoms with van der Waals surface area (Å²) in [4.78, 5) is 7.31. The Morgan fingerprint density at radius 2 is 1.80 bits per heavy atom. The van der Waals surface area contributed by atoms with Gasteiger partial charge in [0.1, 0.15) is 4.90 Å². The van der Waals surface area contributed by atoms with Crippen molar-refractivity contribution in [1.82, 2.24) is 9.97 Å². The average Bonchev–Trinajstić information content (AvgIpc) is 2.44. The van der Waals surface area contributed by atoms with Crippen LogP contribution in [0, 0.1) is 0 Å². The number of benzene rings is 1. The number of sulfonamides is 1. The van der Waals surface area contributed by atoms with Crippen LogP contribution in [0.5, 0.6) is 0 Å². The maximum absolute atomic E-state index is 12.1. The number of hydrazine groups is 1. The quantitative estimate of drug-likeness (QED) is 0.582. The maximum Gasteiger partial charge on any atom is 0.265 e. The second kappa shape index (κ2) is 5.80. The van der Waals surface area contributed by atoms with Gasteiger partial charge in [0.25, 0.3) is 10.0 Å². The van der Waals surface area contributed by atoms with Gasteiger partial charge in [-0.2, -0.15) is 0 Å². The molecule has 0 saturated carbocycles. The van der Waals surface area contributed by atoms with Gasteiger partial charge in [0.2, 0.25) is 5.95 Å². The highest BCUT2D eigenvalue weighted by Gasteiger charge is 2.17. The van der Waals surface area contributed by atoms with Crippen molar-refractivity contribution < 1.29 is 8.42 Å². The van der Waals surface area contributed by atoms with E-state index in [9.17, 15) is 8.42 Å². The Kier molecular flexibility index (Phi) is 4.29. The lowest BCUT2D eigenvalue weighted by Crippen LogP contribution is -2.15. The fraction of sp³-hybridized carbons (Fsp3) is 0. The van der Waals surface area contributed by atoms with Gasteiger partial charge in [0, 0.05) is 0 Å². The number of anilines is 2. The number of nitrogens with zero attached hydrogens (tertiary/aromatic N) is 2. The van der Waals surface area contributed by atoms with E-state index < -0.39 is 10.0 Å². The van der Waals surface area contributed by atoms with E-state index in [0.29, 0.717) is 0 Å². The van der Waals surface area contributed by atoms with Crippen LogP contribution in [-0.4, -0.2) is 18.4 Å². The molecule has 0 amide bonds. The van der Waals surface area contributed by atoms with Crippen molar-refractivity contribution in [3.63, 3.8) is 0 Å². The van der Waals surface area contributed by atoms with Crippen LogP contribution >= 0.6 is 23.2 Å². The van der Waals surface area contributed by atoms with E-state index >= 15 is 0 Å². The summed E-state index contributed by atoms with van der Waals surface area (Å²) in [5.41, 5.74) is 2.36. The highest BCUT2D eigenvalue weighted by molar-refractivity contribution is 7.92. The van der Waals surface area contributed by atoms with Crippen LogP contribution in [-0.2, 0) is 10.0 Å². The summed E-state index contributed by atoms with van der Waals surface area (Å²) < 4.78 is 26.5. The van der Waals surface area contributed by atoms with Gasteiger partial charge in [0.15, 0.2) is 0 Å². The number of halogens is 2. The molecule has 1 aromatic heterocycles. The van der Waals surface area contributed by atoms with Gasteiger partial charge < -0.3 is 0 Å². The Labute approximate surface area is 125 Å². The van der Waals surface area contributed by atoms with Gasteiger partial charge in [-0.1, -0.05) is 29.3 Å². The fourth-order valence-corrected chi connectivity index (χ4v) is 2.68. The molecule has 7 nitrogen and oxygen atoms in total. The fourth-order valence-electron chi connectivity index (χ4n) is 1.32. The van der Waals surface area contributed by atoms with Crippen molar-refractivity contribution in [1.29, 1.82) is 0 Å². The minimum absolute atomic E-state index is 0.102. The predicted molar refractivity (Wildman–Crippen MR) is 77.1 cm³/mol. The van der Waals surface area contributed by atoms with Gasteiger partial charge in [-0.15, -0.1) is 0 Å². The summed E-state index contributed by atoms with van der Waals surface area (Å²) in [5, 5.41) is 0.352. The summed E-state index contributed by atoms with van der Waals surface area (Å²) in [7, 11) is -3.86. The highest BCUT2D eigenvalue weighted by Crippen LogP contribution is 2.30. The summed E-state index contributed by atoms with van der Waals surface area (Å²) >= 11 is 11.7. The normalized spacial score (nSPS) is 11.2. The Morgan fingerprint density at radius 1 is 1.15 bits per heavy atom. The minimum Gasteiger partial charge on any atom is -0.292 e. The zero-order chi connectivity index (χ0) is 14.8. The molecule has 1 aromatic carbocycles. The van der Waals surface area contributed by atoms with E-state index in [1.165, 1.54) is 6.07 Å². The molecule has 106 valence electrons. The van der Waals surface area contributed by atoms with Crippen LogP contribution in [0.1, 0.15) is 0 Å².